The van der Waals surface area contributed by atoms with E-state index < -0.39 is 0 Å². The number of aromatic nitrogens is 4. The van der Waals surface area contributed by atoms with Crippen LogP contribution in [-0.4, -0.2) is 34.6 Å². The minimum atomic E-state index is 0.193. The molecule has 0 fully saturated rings. The zero-order valence-corrected chi connectivity index (χ0v) is 18.0. The molecule has 4 aromatic rings. The zero-order chi connectivity index (χ0) is 21.6. The van der Waals surface area contributed by atoms with E-state index in [1.807, 2.05) is 37.3 Å². The van der Waals surface area contributed by atoms with Gasteiger partial charge in [-0.25, -0.2) is 0 Å². The van der Waals surface area contributed by atoms with Crippen LogP contribution in [0.25, 0.3) is 11.4 Å². The van der Waals surface area contributed by atoms with Gasteiger partial charge in [0.25, 0.3) is 11.1 Å². The summed E-state index contributed by atoms with van der Waals surface area (Å²) in [6.07, 6.45) is 0. The molecule has 2 heterocycles. The number of ether oxygens (including phenoxy) is 3. The smallest absolute Gasteiger partial charge is 0.277 e. The van der Waals surface area contributed by atoms with E-state index in [0.717, 1.165) is 11.3 Å². The fourth-order valence-electron chi connectivity index (χ4n) is 2.73. The van der Waals surface area contributed by atoms with Crippen LogP contribution in [0.4, 0.5) is 0 Å². The van der Waals surface area contributed by atoms with Gasteiger partial charge < -0.3 is 23.2 Å². The van der Waals surface area contributed by atoms with Crippen LogP contribution in [0.15, 0.2) is 56.6 Å². The van der Waals surface area contributed by atoms with Gasteiger partial charge in [-0.1, -0.05) is 29.1 Å². The number of hydrogen-bond acceptors (Lipinski definition) is 10. The molecule has 0 atom stereocenters. The van der Waals surface area contributed by atoms with Gasteiger partial charge in [0.05, 0.1) is 25.5 Å². The van der Waals surface area contributed by atoms with E-state index in [0.29, 0.717) is 45.6 Å². The molecule has 9 nitrogen and oxygen atoms in total. The standard InChI is InChI=1S/C21H20N4O5S/c1-13-5-4-6-15(9-13)28-11-18-23-24-21(29-18)31-12-19-22-20(25-30-19)16-8-7-14(26-2)10-17(16)27-3/h4-10H,11-12H2,1-3H3. The highest BCUT2D eigenvalue weighted by Gasteiger charge is 2.16. The number of thioether (sulfide) groups is 1. The number of nitrogens with zero attached hydrogens (tertiary/aromatic N) is 4. The quantitative estimate of drug-likeness (QED) is 0.349. The molecule has 31 heavy (non-hydrogen) atoms. The van der Waals surface area contributed by atoms with Gasteiger partial charge >= 0.3 is 0 Å². The van der Waals surface area contributed by atoms with E-state index >= 15 is 0 Å². The number of methoxy groups -OCH3 is 2. The van der Waals surface area contributed by atoms with Crippen LogP contribution in [0.2, 0.25) is 0 Å². The summed E-state index contributed by atoms with van der Waals surface area (Å²) in [7, 11) is 3.17. The molecule has 0 radical (unpaired) electrons. The summed E-state index contributed by atoms with van der Waals surface area (Å²) in [6.45, 7) is 2.20. The SMILES string of the molecule is COc1ccc(-c2noc(CSc3nnc(COc4cccc(C)c4)o3)n2)c(OC)c1. The monoisotopic (exact) mass is 440 g/mol. The lowest BCUT2D eigenvalue weighted by Gasteiger charge is -2.07. The molecule has 0 aliphatic rings. The Labute approximate surface area is 182 Å². The molecule has 160 valence electrons. The lowest BCUT2D eigenvalue weighted by Crippen LogP contribution is -1.95. The van der Waals surface area contributed by atoms with Crippen molar-refractivity contribution >= 4 is 11.8 Å². The summed E-state index contributed by atoms with van der Waals surface area (Å²) in [4.78, 5) is 4.42. The van der Waals surface area contributed by atoms with Crippen LogP contribution in [0, 0.1) is 6.92 Å². The molecule has 0 N–H and O–H groups in total. The van der Waals surface area contributed by atoms with Crippen molar-refractivity contribution < 1.29 is 23.2 Å². The molecule has 4 rings (SSSR count). The molecule has 0 bridgehead atoms. The summed E-state index contributed by atoms with van der Waals surface area (Å²) in [5.74, 6) is 3.64. The van der Waals surface area contributed by atoms with E-state index in [2.05, 4.69) is 20.3 Å². The molecular weight excluding hydrogens is 420 g/mol. The molecule has 0 spiro atoms. The van der Waals surface area contributed by atoms with Crippen molar-refractivity contribution in [3.05, 3.63) is 59.8 Å². The topological polar surface area (TPSA) is 106 Å². The Morgan fingerprint density at radius 3 is 2.68 bits per heavy atom. The van der Waals surface area contributed by atoms with E-state index in [-0.39, 0.29) is 6.61 Å². The van der Waals surface area contributed by atoms with Gasteiger partial charge in [0, 0.05) is 6.07 Å². The third-order valence-corrected chi connectivity index (χ3v) is 5.04. The largest absolute Gasteiger partial charge is 0.497 e. The van der Waals surface area contributed by atoms with Crippen LogP contribution >= 0.6 is 11.8 Å². The predicted octanol–water partition coefficient (Wildman–Crippen LogP) is 4.32. The highest BCUT2D eigenvalue weighted by Crippen LogP contribution is 2.32. The van der Waals surface area contributed by atoms with Gasteiger partial charge in [0.15, 0.2) is 6.61 Å². The van der Waals surface area contributed by atoms with E-state index in [1.54, 1.807) is 26.4 Å². The molecule has 10 heteroatoms. The lowest BCUT2D eigenvalue weighted by atomic mass is 10.2. The molecule has 0 amide bonds. The third-order valence-electron chi connectivity index (χ3n) is 4.24. The Morgan fingerprint density at radius 2 is 1.87 bits per heavy atom. The molecular formula is C21H20N4O5S. The van der Waals surface area contributed by atoms with Crippen molar-refractivity contribution in [2.75, 3.05) is 14.2 Å². The van der Waals surface area contributed by atoms with Gasteiger partial charge in [-0.2, -0.15) is 4.98 Å². The fourth-order valence-corrected chi connectivity index (χ4v) is 3.35. The second kappa shape index (κ2) is 9.52. The van der Waals surface area contributed by atoms with Crippen LogP contribution in [0.1, 0.15) is 17.3 Å². The molecule has 0 aliphatic carbocycles. The summed E-state index contributed by atoms with van der Waals surface area (Å²) in [5, 5.41) is 12.4. The van der Waals surface area contributed by atoms with E-state index in [1.165, 1.54) is 11.8 Å². The first kappa shape index (κ1) is 20.7. The molecule has 0 saturated heterocycles. The Morgan fingerprint density at radius 1 is 0.968 bits per heavy atom. The highest BCUT2D eigenvalue weighted by atomic mass is 32.2. The first-order valence-electron chi connectivity index (χ1n) is 9.34. The lowest BCUT2D eigenvalue weighted by molar-refractivity contribution is 0.252. The molecule has 0 unspecified atom stereocenters. The maximum atomic E-state index is 5.67. The number of hydrogen-bond donors (Lipinski definition) is 0. The number of aryl methyl sites for hydroxylation is 1. The van der Waals surface area contributed by atoms with Crippen LogP contribution in [0.3, 0.4) is 0 Å². The van der Waals surface area contributed by atoms with Crippen molar-refractivity contribution in [3.8, 4) is 28.6 Å². The minimum Gasteiger partial charge on any atom is -0.497 e. The molecule has 0 aliphatic heterocycles. The Kier molecular flexibility index (Phi) is 6.37. The summed E-state index contributed by atoms with van der Waals surface area (Å²) >= 11 is 1.30. The predicted molar refractivity (Wildman–Crippen MR) is 112 cm³/mol. The molecule has 2 aromatic carbocycles. The summed E-state index contributed by atoms with van der Waals surface area (Å²) in [5.41, 5.74) is 1.82. The summed E-state index contributed by atoms with van der Waals surface area (Å²) in [6, 6.07) is 13.1. The van der Waals surface area contributed by atoms with Crippen molar-refractivity contribution in [3.63, 3.8) is 0 Å². The van der Waals surface area contributed by atoms with E-state index in [4.69, 9.17) is 23.2 Å². The van der Waals surface area contributed by atoms with Crippen LogP contribution in [-0.2, 0) is 12.4 Å². The first-order chi connectivity index (χ1) is 15.1. The van der Waals surface area contributed by atoms with Gasteiger partial charge in [0.2, 0.25) is 11.7 Å². The average Bonchev–Trinajstić information content (AvgIpc) is 3.45. The number of benzene rings is 2. The van der Waals surface area contributed by atoms with Gasteiger partial charge in [-0.15, -0.1) is 10.2 Å². The van der Waals surface area contributed by atoms with Crippen molar-refractivity contribution in [1.29, 1.82) is 0 Å². The Hall–Kier alpha value is -3.53. The number of rotatable bonds is 9. The zero-order valence-electron chi connectivity index (χ0n) is 17.2. The van der Waals surface area contributed by atoms with E-state index in [9.17, 15) is 0 Å². The normalized spacial score (nSPS) is 10.8. The van der Waals surface area contributed by atoms with Crippen LogP contribution < -0.4 is 14.2 Å². The van der Waals surface area contributed by atoms with Gasteiger partial charge in [0.1, 0.15) is 17.2 Å². The van der Waals surface area contributed by atoms with Gasteiger partial charge in [-0.3, -0.25) is 0 Å². The average molecular weight is 440 g/mol. The second-order valence-corrected chi connectivity index (χ2v) is 7.36. The second-order valence-electron chi connectivity index (χ2n) is 6.43. The first-order valence-corrected chi connectivity index (χ1v) is 10.3. The molecule has 0 saturated carbocycles. The highest BCUT2D eigenvalue weighted by molar-refractivity contribution is 7.98. The third kappa shape index (κ3) is 5.15. The maximum absolute atomic E-state index is 5.67. The van der Waals surface area contributed by atoms with Crippen LogP contribution in [0.5, 0.6) is 17.2 Å². The van der Waals surface area contributed by atoms with Crippen molar-refractivity contribution in [2.24, 2.45) is 0 Å². The van der Waals surface area contributed by atoms with Crippen molar-refractivity contribution in [2.45, 2.75) is 24.5 Å². The Bertz CT molecular complexity index is 1160. The van der Waals surface area contributed by atoms with Crippen molar-refractivity contribution in [1.82, 2.24) is 20.3 Å². The summed E-state index contributed by atoms with van der Waals surface area (Å²) < 4.78 is 27.2. The Balaban J connectivity index is 1.35. The fraction of sp³-hybridized carbons (Fsp3) is 0.238. The van der Waals surface area contributed by atoms with Gasteiger partial charge in [-0.05, 0) is 36.8 Å². The molecule has 2 aromatic heterocycles. The minimum absolute atomic E-state index is 0.193. The maximum Gasteiger partial charge on any atom is 0.277 e.